The summed E-state index contributed by atoms with van der Waals surface area (Å²) in [7, 11) is 0. The van der Waals surface area contributed by atoms with Gasteiger partial charge in [0.1, 0.15) is 17.7 Å². The van der Waals surface area contributed by atoms with Gasteiger partial charge in [-0.15, -0.1) is 11.8 Å². The Morgan fingerprint density at radius 3 is 2.07 bits per heavy atom. The SMILES string of the molecule is CCNC(=O)[C@H](C)N(Cc1ccc(F)cc1)C(=O)CSCc1ccc(F)cc1. The van der Waals surface area contributed by atoms with E-state index in [0.717, 1.165) is 11.1 Å². The molecule has 4 nitrogen and oxygen atoms in total. The molecule has 150 valence electrons. The number of thioether (sulfide) groups is 1. The lowest BCUT2D eigenvalue weighted by Crippen LogP contribution is -2.48. The predicted molar refractivity (Wildman–Crippen MR) is 108 cm³/mol. The van der Waals surface area contributed by atoms with Crippen LogP contribution in [0.4, 0.5) is 8.78 Å². The van der Waals surface area contributed by atoms with E-state index < -0.39 is 6.04 Å². The maximum absolute atomic E-state index is 13.2. The molecule has 0 aliphatic heterocycles. The van der Waals surface area contributed by atoms with E-state index in [1.807, 2.05) is 6.92 Å². The number of amides is 2. The molecule has 28 heavy (non-hydrogen) atoms. The van der Waals surface area contributed by atoms with Gasteiger partial charge >= 0.3 is 0 Å². The standard InChI is InChI=1S/C21H24F2N2O2S/c1-3-24-21(27)15(2)25(12-16-4-8-18(22)9-5-16)20(26)14-28-13-17-6-10-19(23)11-7-17/h4-11,15H,3,12-14H2,1-2H3,(H,24,27)/t15-/m0/s1. The molecule has 0 unspecified atom stereocenters. The lowest BCUT2D eigenvalue weighted by atomic mass is 10.1. The minimum Gasteiger partial charge on any atom is -0.355 e. The molecule has 2 aromatic carbocycles. The number of nitrogens with zero attached hydrogens (tertiary/aromatic N) is 1. The molecular formula is C21H24F2N2O2S. The second kappa shape index (κ2) is 10.8. The van der Waals surface area contributed by atoms with Gasteiger partial charge in [0, 0.05) is 18.8 Å². The number of benzene rings is 2. The van der Waals surface area contributed by atoms with Crippen molar-refractivity contribution in [3.63, 3.8) is 0 Å². The maximum atomic E-state index is 13.2. The maximum Gasteiger partial charge on any atom is 0.242 e. The number of rotatable bonds is 9. The Labute approximate surface area is 168 Å². The number of carbonyl (C=O) groups excluding carboxylic acids is 2. The van der Waals surface area contributed by atoms with Gasteiger partial charge < -0.3 is 10.2 Å². The third-order valence-electron chi connectivity index (χ3n) is 4.19. The van der Waals surface area contributed by atoms with Crippen LogP contribution in [0.5, 0.6) is 0 Å². The van der Waals surface area contributed by atoms with Gasteiger partial charge in [0.05, 0.1) is 5.75 Å². The van der Waals surface area contributed by atoms with Gasteiger partial charge in [-0.2, -0.15) is 0 Å². The van der Waals surface area contributed by atoms with E-state index in [0.29, 0.717) is 12.3 Å². The summed E-state index contributed by atoms with van der Waals surface area (Å²) >= 11 is 1.40. The molecule has 1 N–H and O–H groups in total. The van der Waals surface area contributed by atoms with E-state index >= 15 is 0 Å². The highest BCUT2D eigenvalue weighted by Crippen LogP contribution is 2.16. The first-order chi connectivity index (χ1) is 13.4. The molecule has 2 aromatic rings. The molecular weight excluding hydrogens is 382 g/mol. The molecule has 0 saturated carbocycles. The molecule has 0 aliphatic rings. The Morgan fingerprint density at radius 1 is 1.00 bits per heavy atom. The van der Waals surface area contributed by atoms with Crippen molar-refractivity contribution in [2.24, 2.45) is 0 Å². The van der Waals surface area contributed by atoms with Gasteiger partial charge in [0.15, 0.2) is 0 Å². The van der Waals surface area contributed by atoms with Crippen molar-refractivity contribution in [3.8, 4) is 0 Å². The Morgan fingerprint density at radius 2 is 1.54 bits per heavy atom. The molecule has 0 bridgehead atoms. The van der Waals surface area contributed by atoms with Crippen LogP contribution in [0.2, 0.25) is 0 Å². The van der Waals surface area contributed by atoms with Crippen molar-refractivity contribution in [2.45, 2.75) is 32.2 Å². The molecule has 2 rings (SSSR count). The molecule has 0 aliphatic carbocycles. The largest absolute Gasteiger partial charge is 0.355 e. The first kappa shape index (κ1) is 21.9. The van der Waals surface area contributed by atoms with Gasteiger partial charge in [-0.3, -0.25) is 9.59 Å². The fraction of sp³-hybridized carbons (Fsp3) is 0.333. The smallest absolute Gasteiger partial charge is 0.242 e. The van der Waals surface area contributed by atoms with Crippen molar-refractivity contribution >= 4 is 23.6 Å². The van der Waals surface area contributed by atoms with E-state index in [4.69, 9.17) is 0 Å². The molecule has 1 atom stereocenters. The van der Waals surface area contributed by atoms with Gasteiger partial charge in [0.2, 0.25) is 11.8 Å². The van der Waals surface area contributed by atoms with Crippen molar-refractivity contribution in [3.05, 3.63) is 71.3 Å². The van der Waals surface area contributed by atoms with Crippen LogP contribution in [-0.4, -0.2) is 35.1 Å². The van der Waals surface area contributed by atoms with Crippen LogP contribution in [0.25, 0.3) is 0 Å². The number of carbonyl (C=O) groups is 2. The Kier molecular flexibility index (Phi) is 8.44. The highest BCUT2D eigenvalue weighted by molar-refractivity contribution is 7.99. The second-order valence-corrected chi connectivity index (χ2v) is 7.32. The summed E-state index contributed by atoms with van der Waals surface area (Å²) in [5.41, 5.74) is 1.66. The average Bonchev–Trinajstić information content (AvgIpc) is 2.68. The molecule has 0 fully saturated rings. The number of nitrogens with one attached hydrogen (secondary N) is 1. The van der Waals surface area contributed by atoms with Gasteiger partial charge in [0.25, 0.3) is 0 Å². The number of hydrogen-bond donors (Lipinski definition) is 1. The lowest BCUT2D eigenvalue weighted by Gasteiger charge is -2.28. The van der Waals surface area contributed by atoms with E-state index in [1.54, 1.807) is 31.2 Å². The number of hydrogen-bond acceptors (Lipinski definition) is 3. The summed E-state index contributed by atoms with van der Waals surface area (Å²) in [6.45, 7) is 4.18. The molecule has 0 saturated heterocycles. The van der Waals surface area contributed by atoms with Gasteiger partial charge in [-0.05, 0) is 49.2 Å². The minimum absolute atomic E-state index is 0.183. The van der Waals surface area contributed by atoms with Crippen LogP contribution in [-0.2, 0) is 21.9 Å². The Balaban J connectivity index is 2.03. The second-order valence-electron chi connectivity index (χ2n) is 6.34. The molecule has 0 aromatic heterocycles. The van der Waals surface area contributed by atoms with E-state index in [9.17, 15) is 18.4 Å². The van der Waals surface area contributed by atoms with Crippen LogP contribution in [0.15, 0.2) is 48.5 Å². The normalized spacial score (nSPS) is 11.7. The highest BCUT2D eigenvalue weighted by atomic mass is 32.2. The Hall–Kier alpha value is -2.41. The average molecular weight is 406 g/mol. The first-order valence-corrected chi connectivity index (χ1v) is 10.2. The van der Waals surface area contributed by atoms with Crippen molar-refractivity contribution in [1.82, 2.24) is 10.2 Å². The molecule has 0 spiro atoms. The quantitative estimate of drug-likeness (QED) is 0.690. The van der Waals surface area contributed by atoms with Crippen LogP contribution in [0, 0.1) is 11.6 Å². The lowest BCUT2D eigenvalue weighted by molar-refractivity contribution is -0.138. The van der Waals surface area contributed by atoms with Crippen molar-refractivity contribution in [2.75, 3.05) is 12.3 Å². The summed E-state index contributed by atoms with van der Waals surface area (Å²) in [6, 6.07) is 11.4. The van der Waals surface area contributed by atoms with E-state index in [-0.39, 0.29) is 35.7 Å². The third kappa shape index (κ3) is 6.64. The minimum atomic E-state index is -0.649. The summed E-state index contributed by atoms with van der Waals surface area (Å²) < 4.78 is 26.1. The van der Waals surface area contributed by atoms with E-state index in [2.05, 4.69) is 5.32 Å². The van der Waals surface area contributed by atoms with Crippen LogP contribution in [0.1, 0.15) is 25.0 Å². The first-order valence-electron chi connectivity index (χ1n) is 9.04. The van der Waals surface area contributed by atoms with Gasteiger partial charge in [-0.1, -0.05) is 24.3 Å². The molecule has 2 amide bonds. The highest BCUT2D eigenvalue weighted by Gasteiger charge is 2.25. The summed E-state index contributed by atoms with van der Waals surface area (Å²) in [4.78, 5) is 26.5. The zero-order valence-electron chi connectivity index (χ0n) is 16.0. The molecule has 0 radical (unpaired) electrons. The van der Waals surface area contributed by atoms with Crippen LogP contribution < -0.4 is 5.32 Å². The third-order valence-corrected chi connectivity index (χ3v) is 5.18. The van der Waals surface area contributed by atoms with Gasteiger partial charge in [-0.25, -0.2) is 8.78 Å². The summed E-state index contributed by atoms with van der Waals surface area (Å²) in [5.74, 6) is -0.329. The summed E-state index contributed by atoms with van der Waals surface area (Å²) in [6.07, 6.45) is 0. The fourth-order valence-corrected chi connectivity index (χ4v) is 3.48. The van der Waals surface area contributed by atoms with Crippen LogP contribution in [0.3, 0.4) is 0 Å². The number of likely N-dealkylation sites (N-methyl/N-ethyl adjacent to an activating group) is 1. The predicted octanol–water partition coefficient (Wildman–Crippen LogP) is 3.75. The van der Waals surface area contributed by atoms with Crippen molar-refractivity contribution in [1.29, 1.82) is 0 Å². The fourth-order valence-electron chi connectivity index (χ4n) is 2.61. The summed E-state index contributed by atoms with van der Waals surface area (Å²) in [5, 5.41) is 2.73. The molecule has 0 heterocycles. The number of halogens is 2. The zero-order chi connectivity index (χ0) is 20.5. The topological polar surface area (TPSA) is 49.4 Å². The van der Waals surface area contributed by atoms with Crippen molar-refractivity contribution < 1.29 is 18.4 Å². The Bertz CT molecular complexity index is 782. The molecule has 7 heteroatoms. The zero-order valence-corrected chi connectivity index (χ0v) is 16.8. The van der Waals surface area contributed by atoms with Crippen LogP contribution >= 0.6 is 11.8 Å². The monoisotopic (exact) mass is 406 g/mol. The van der Waals surface area contributed by atoms with E-state index in [1.165, 1.54) is 40.9 Å².